The van der Waals surface area contributed by atoms with Gasteiger partial charge in [-0.15, -0.1) is 0 Å². The zero-order valence-electron chi connectivity index (χ0n) is 86.7. The number of para-hydroxylation sites is 1. The molecule has 0 heterocycles. The van der Waals surface area contributed by atoms with Crippen LogP contribution in [0.25, 0.3) is 0 Å². The molecular weight excluding hydrogens is 2110 g/mol. The molecule has 762 valence electrons. The summed E-state index contributed by atoms with van der Waals surface area (Å²) >= 11 is 42.7. The third-order valence-electron chi connectivity index (χ3n) is 24.0. The topological polar surface area (TPSA) is 183 Å². The fraction of sp³-hybridized carbons (Fsp3) is 0.322. The van der Waals surface area contributed by atoms with Crippen LogP contribution in [0.15, 0.2) is 193 Å². The van der Waals surface area contributed by atoms with E-state index in [2.05, 4.69) is 274 Å². The molecule has 12 aromatic carbocycles. The van der Waals surface area contributed by atoms with Gasteiger partial charge in [-0.3, -0.25) is 0 Å². The van der Waals surface area contributed by atoms with Gasteiger partial charge in [-0.05, 0) is 427 Å². The molecule has 0 atom stereocenters. The Morgan fingerprint density at radius 2 is 0.503 bits per heavy atom. The quantitative estimate of drug-likeness (QED) is 0.0184. The first-order valence-electron chi connectivity index (χ1n) is 47.1. The summed E-state index contributed by atoms with van der Waals surface area (Å²) in [5.74, 6) is 5.09. The van der Waals surface area contributed by atoms with E-state index in [-0.39, 0.29) is 17.6 Å². The largest absolute Gasteiger partial charge is 0.489 e. The number of nitrogens with one attached hydrogen (secondary N) is 6. The summed E-state index contributed by atoms with van der Waals surface area (Å²) in [5.41, 5.74) is 33.7. The van der Waals surface area contributed by atoms with Gasteiger partial charge in [0.25, 0.3) is 31.0 Å². The van der Waals surface area contributed by atoms with Crippen LogP contribution in [0.3, 0.4) is 0 Å². The maximum absolute atomic E-state index is 14.2. The molecule has 0 fully saturated rings. The molecule has 0 aliphatic heterocycles. The van der Waals surface area contributed by atoms with Gasteiger partial charge in [0, 0.05) is 74.9 Å². The van der Waals surface area contributed by atoms with Crippen molar-refractivity contribution < 1.29 is 61.2 Å². The summed E-state index contributed by atoms with van der Waals surface area (Å²) in [7, 11) is 9.21. The second-order valence-corrected chi connectivity index (χ2v) is 38.3. The van der Waals surface area contributed by atoms with Gasteiger partial charge in [-0.1, -0.05) is 160 Å². The SMILES string of the molecule is CCc1cc(C)c(C)cc1OCc1c(Br)cccc1NC(=S)OC.CCc1cc(C)c(C)cc1OCc1c(C)cccc1NC(=S)OC.CCc1cc(C)c(C)cc1OCc1c(Cl)cccc1NC(=S)OC.CCc1cc(C)c(C)cc1OCc1c(F)cccc1NC(=S)OC.CCc1cc(C)c(C)cc1OCc1c(I)cccc1NC(=S)OC.CCc1cc(C)c(C)cc1OCc1ccccc1NC(=S)OC. The van der Waals surface area contributed by atoms with E-state index in [9.17, 15) is 4.39 Å². The molecule has 28 heteroatoms. The van der Waals surface area contributed by atoms with Crippen molar-refractivity contribution in [2.75, 3.05) is 74.6 Å². The summed E-state index contributed by atoms with van der Waals surface area (Å²) < 4.78 is 83.0. The van der Waals surface area contributed by atoms with Gasteiger partial charge < -0.3 is 88.7 Å². The molecule has 0 aliphatic rings. The van der Waals surface area contributed by atoms with Crippen LogP contribution >= 0.6 is 123 Å². The van der Waals surface area contributed by atoms with Crippen LogP contribution in [0.5, 0.6) is 34.5 Å². The second-order valence-electron chi connectivity index (χ2n) is 33.6. The van der Waals surface area contributed by atoms with Crippen LogP contribution in [0.4, 0.5) is 38.5 Å². The van der Waals surface area contributed by atoms with Crippen molar-refractivity contribution in [1.29, 1.82) is 0 Å². The number of benzene rings is 12. The van der Waals surface area contributed by atoms with Gasteiger partial charge in [0.1, 0.15) is 80.0 Å². The van der Waals surface area contributed by atoms with Crippen molar-refractivity contribution in [2.24, 2.45) is 0 Å². The van der Waals surface area contributed by atoms with E-state index in [4.69, 9.17) is 142 Å². The minimum Gasteiger partial charge on any atom is -0.489 e. The number of thiocarbonyl (C=S) groups is 6. The Morgan fingerprint density at radius 1 is 0.266 bits per heavy atom. The minimum absolute atomic E-state index is 0.108. The lowest BCUT2D eigenvalue weighted by atomic mass is 10.0. The van der Waals surface area contributed by atoms with Crippen molar-refractivity contribution in [3.8, 4) is 34.5 Å². The zero-order chi connectivity index (χ0) is 105. The number of aryl methyl sites for hydroxylation is 19. The average Bonchev–Trinajstić information content (AvgIpc) is 0.835. The van der Waals surface area contributed by atoms with Crippen molar-refractivity contribution in [1.82, 2.24) is 0 Å². The Bertz CT molecular complexity index is 5650. The molecule has 0 spiro atoms. The number of hydrogen-bond donors (Lipinski definition) is 6. The maximum atomic E-state index is 14.2. The Labute approximate surface area is 906 Å². The van der Waals surface area contributed by atoms with Gasteiger partial charge >= 0.3 is 0 Å². The Balaban J connectivity index is 0.000000233. The van der Waals surface area contributed by atoms with E-state index in [0.717, 1.165) is 154 Å². The Kier molecular flexibility index (Phi) is 50.5. The van der Waals surface area contributed by atoms with Gasteiger partial charge in [-0.2, -0.15) is 0 Å². The third kappa shape index (κ3) is 36.6. The fourth-order valence-corrected chi connectivity index (χ4v) is 16.5. The number of anilines is 6. The standard InChI is InChI=1S/C20H25NO2S.C19H22BrNO2S.C19H22ClNO2S.C19H22FNO2S.C19H22INO2S.C19H23NO2S/c1-6-16-10-14(3)15(4)11-19(16)23-12-17-13(2)8-7-9-18(17)21-20(24)22-5;4*1-5-14-9-12(2)13(3)10-18(14)23-11-15-16(20)7-6-8-17(15)21-19(24)22-4;1-5-15-10-13(2)14(3)11-18(15)22-12-16-8-6-7-9-17(16)20-19(23)21-4/h7-11H,6,12H2,1-5H3,(H,21,24);4*6-10H,5,11H2,1-4H3,(H,21,24);6-11H,5,12H2,1-4H3,(H,20,23). The van der Waals surface area contributed by atoms with Gasteiger partial charge in [0.2, 0.25) is 0 Å². The number of hydrogen-bond acceptors (Lipinski definition) is 18. The zero-order valence-corrected chi connectivity index (χ0v) is 96.1. The smallest absolute Gasteiger partial charge is 0.260 e. The highest BCUT2D eigenvalue weighted by Crippen LogP contribution is 2.37. The highest BCUT2D eigenvalue weighted by Gasteiger charge is 2.21. The summed E-state index contributed by atoms with van der Waals surface area (Å²) in [6, 6.07) is 61.9. The Morgan fingerprint density at radius 3 is 0.846 bits per heavy atom. The van der Waals surface area contributed by atoms with Crippen molar-refractivity contribution in [2.45, 2.75) is 210 Å². The van der Waals surface area contributed by atoms with E-state index in [0.29, 0.717) is 75.2 Å². The first kappa shape index (κ1) is 119. The lowest BCUT2D eigenvalue weighted by molar-refractivity contribution is 0.297. The fourth-order valence-electron chi connectivity index (χ4n) is 14.5. The molecule has 12 rings (SSSR count). The molecule has 143 heavy (non-hydrogen) atoms. The molecule has 6 N–H and O–H groups in total. The lowest BCUT2D eigenvalue weighted by Gasteiger charge is -2.17. The molecule has 0 saturated carbocycles. The highest BCUT2D eigenvalue weighted by molar-refractivity contribution is 14.1. The van der Waals surface area contributed by atoms with Crippen LogP contribution in [-0.4, -0.2) is 73.7 Å². The number of methoxy groups -OCH3 is 6. The molecule has 0 radical (unpaired) electrons. The van der Waals surface area contributed by atoms with Crippen molar-refractivity contribution in [3.63, 3.8) is 0 Å². The van der Waals surface area contributed by atoms with Crippen molar-refractivity contribution >= 4 is 189 Å². The van der Waals surface area contributed by atoms with Gasteiger partial charge in [-0.25, -0.2) is 4.39 Å². The first-order chi connectivity index (χ1) is 68.3. The number of ether oxygens (including phenoxy) is 12. The predicted molar refractivity (Wildman–Crippen MR) is 626 cm³/mol. The molecule has 0 saturated heterocycles. The molecule has 0 unspecified atom stereocenters. The van der Waals surface area contributed by atoms with Crippen LogP contribution in [0.1, 0.15) is 181 Å². The molecule has 18 nitrogen and oxygen atoms in total. The third-order valence-corrected chi connectivity index (χ3v) is 27.7. The van der Waals surface area contributed by atoms with E-state index >= 15 is 0 Å². The molecule has 0 aliphatic carbocycles. The highest BCUT2D eigenvalue weighted by atomic mass is 127. The lowest BCUT2D eigenvalue weighted by Crippen LogP contribution is -2.14. The van der Waals surface area contributed by atoms with Crippen LogP contribution in [0.2, 0.25) is 5.02 Å². The number of halogens is 4. The van der Waals surface area contributed by atoms with Gasteiger partial charge in [0.05, 0.1) is 48.3 Å². The molecule has 0 amide bonds. The normalized spacial score (nSPS) is 10.4. The first-order valence-corrected chi connectivity index (χ1v) is 51.8. The monoisotopic (exact) mass is 2240 g/mol. The van der Waals surface area contributed by atoms with Crippen LogP contribution in [0, 0.1) is 99.4 Å². The van der Waals surface area contributed by atoms with E-state index in [1.54, 1.807) is 40.6 Å². The summed E-state index contributed by atoms with van der Waals surface area (Å²) in [4.78, 5) is 0. The summed E-state index contributed by atoms with van der Waals surface area (Å²) in [5, 5.41) is 20.8. The summed E-state index contributed by atoms with van der Waals surface area (Å²) in [6.45, 7) is 42.4. The predicted octanol–water partition coefficient (Wildman–Crippen LogP) is 31.2. The molecule has 0 aromatic heterocycles. The molecule has 12 aromatic rings. The van der Waals surface area contributed by atoms with Crippen LogP contribution in [-0.2, 0) is 107 Å². The van der Waals surface area contributed by atoms with Crippen molar-refractivity contribution in [3.05, 3.63) is 346 Å². The van der Waals surface area contributed by atoms with E-state index in [1.165, 1.54) is 109 Å². The number of rotatable bonds is 30. The average molecular weight is 2250 g/mol. The van der Waals surface area contributed by atoms with Gasteiger partial charge in [0.15, 0.2) is 0 Å². The van der Waals surface area contributed by atoms with E-state index in [1.807, 2.05) is 97.9 Å². The van der Waals surface area contributed by atoms with Crippen LogP contribution < -0.4 is 60.3 Å². The van der Waals surface area contributed by atoms with E-state index < -0.39 is 0 Å². The second kappa shape index (κ2) is 60.7. The maximum Gasteiger partial charge on any atom is 0.260 e. The molecule has 0 bridgehead atoms. The minimum atomic E-state index is -0.346. The summed E-state index contributed by atoms with van der Waals surface area (Å²) in [6.07, 6.45) is 5.55. The molecular formula is C115H136BrClFIN6O12S6. The Hall–Kier alpha value is -11.0.